The Labute approximate surface area is 112 Å². The third kappa shape index (κ3) is 2.10. The lowest BCUT2D eigenvalue weighted by Gasteiger charge is -2.20. The lowest BCUT2D eigenvalue weighted by Crippen LogP contribution is -2.24. The molecule has 1 aliphatic rings. The molecule has 0 radical (unpaired) electrons. The zero-order valence-electron chi connectivity index (χ0n) is 11.6. The molecule has 1 aliphatic heterocycles. The molecule has 0 aromatic heterocycles. The van der Waals surface area contributed by atoms with Gasteiger partial charge in [0.2, 0.25) is 0 Å². The number of ether oxygens (including phenoxy) is 1. The number of benzene rings is 1. The van der Waals surface area contributed by atoms with Crippen LogP contribution in [0, 0.1) is 32.2 Å². The summed E-state index contributed by atoms with van der Waals surface area (Å²) in [6, 6.07) is 1.52. The van der Waals surface area contributed by atoms with Gasteiger partial charge in [0, 0.05) is 5.56 Å². The molecule has 19 heavy (non-hydrogen) atoms. The lowest BCUT2D eigenvalue weighted by atomic mass is 9.94. The molecule has 1 fully saturated rings. The molecule has 0 bridgehead atoms. The zero-order chi connectivity index (χ0) is 14.2. The van der Waals surface area contributed by atoms with E-state index in [2.05, 4.69) is 11.4 Å². The van der Waals surface area contributed by atoms with Gasteiger partial charge in [-0.3, -0.25) is 0 Å². The van der Waals surface area contributed by atoms with Crippen LogP contribution in [0.2, 0.25) is 0 Å². The number of nitrogens with zero attached hydrogens (tertiary/aromatic N) is 2. The number of carbonyl (C=O) groups is 1. The molecule has 1 unspecified atom stereocenters. The number of nitriles is 1. The number of hydrogen-bond acceptors (Lipinski definition) is 3. The minimum atomic E-state index is -0.354. The second kappa shape index (κ2) is 4.81. The van der Waals surface area contributed by atoms with E-state index < -0.39 is 0 Å². The van der Waals surface area contributed by atoms with Crippen LogP contribution in [0.4, 0.5) is 4.79 Å². The quantitative estimate of drug-likeness (QED) is 0.828. The average molecular weight is 259 g/mol. The van der Waals surface area contributed by atoms with Gasteiger partial charge in [0.25, 0.3) is 0 Å². The fraction of sp³-hybridized carbons (Fsp3) is 0.429. The number of hydrogen-bond donors (Lipinski definition) is 1. The molecular weight excluding hydrogens is 242 g/mol. The van der Waals surface area contributed by atoms with Gasteiger partial charge < -0.3 is 10.1 Å². The Morgan fingerprint density at radius 2 is 2.11 bits per heavy atom. The van der Waals surface area contributed by atoms with Crippen molar-refractivity contribution in [1.82, 2.24) is 10.2 Å². The molecule has 5 nitrogen and oxygen atoms in total. The fourth-order valence-corrected chi connectivity index (χ4v) is 2.55. The molecule has 1 saturated heterocycles. The second-order valence-corrected chi connectivity index (χ2v) is 4.79. The van der Waals surface area contributed by atoms with Gasteiger partial charge >= 0.3 is 6.03 Å². The molecule has 1 N–H and O–H groups in total. The van der Waals surface area contributed by atoms with Crippen LogP contribution in [0.3, 0.4) is 0 Å². The number of amides is 2. The molecule has 1 aromatic carbocycles. The number of rotatable bonds is 2. The van der Waals surface area contributed by atoms with E-state index in [1.165, 1.54) is 0 Å². The van der Waals surface area contributed by atoms with Crippen molar-refractivity contribution >= 4 is 6.03 Å². The van der Waals surface area contributed by atoms with Gasteiger partial charge in [0.15, 0.2) is 6.19 Å². The van der Waals surface area contributed by atoms with Gasteiger partial charge in [-0.15, -0.1) is 0 Å². The molecule has 2 amide bonds. The third-order valence-corrected chi connectivity index (χ3v) is 3.62. The SMILES string of the molecule is COc1c(C)c(C)cc(C)c1C1CN(C#N)C(=O)N1. The monoisotopic (exact) mass is 259 g/mol. The fourth-order valence-electron chi connectivity index (χ4n) is 2.55. The maximum absolute atomic E-state index is 11.6. The summed E-state index contributed by atoms with van der Waals surface area (Å²) in [6.07, 6.45) is 1.88. The molecule has 5 heteroatoms. The lowest BCUT2D eigenvalue weighted by molar-refractivity contribution is 0.232. The zero-order valence-corrected chi connectivity index (χ0v) is 11.6. The van der Waals surface area contributed by atoms with Crippen LogP contribution in [0.5, 0.6) is 5.75 Å². The highest BCUT2D eigenvalue weighted by Gasteiger charge is 2.33. The van der Waals surface area contributed by atoms with Gasteiger partial charge in [0.1, 0.15) is 5.75 Å². The first kappa shape index (κ1) is 13.2. The topological polar surface area (TPSA) is 65.4 Å². The first-order chi connectivity index (χ1) is 8.99. The summed E-state index contributed by atoms with van der Waals surface area (Å²) in [5.74, 6) is 0.794. The Hall–Kier alpha value is -2.22. The van der Waals surface area contributed by atoms with Crippen molar-refractivity contribution < 1.29 is 9.53 Å². The van der Waals surface area contributed by atoms with Crippen molar-refractivity contribution in [2.24, 2.45) is 0 Å². The van der Waals surface area contributed by atoms with E-state index in [4.69, 9.17) is 10.00 Å². The molecule has 1 atom stereocenters. The van der Waals surface area contributed by atoms with E-state index >= 15 is 0 Å². The van der Waals surface area contributed by atoms with Crippen LogP contribution in [-0.4, -0.2) is 24.6 Å². The summed E-state index contributed by atoms with van der Waals surface area (Å²) in [5.41, 5.74) is 4.23. The van der Waals surface area contributed by atoms with E-state index in [0.29, 0.717) is 6.54 Å². The second-order valence-electron chi connectivity index (χ2n) is 4.79. The van der Waals surface area contributed by atoms with Crippen LogP contribution in [0.25, 0.3) is 0 Å². The van der Waals surface area contributed by atoms with E-state index in [1.807, 2.05) is 27.0 Å². The highest BCUT2D eigenvalue weighted by Crippen LogP contribution is 2.35. The molecule has 1 aromatic rings. The summed E-state index contributed by atoms with van der Waals surface area (Å²) in [7, 11) is 1.63. The number of aryl methyl sites for hydroxylation is 2. The molecule has 0 saturated carbocycles. The van der Waals surface area contributed by atoms with Gasteiger partial charge in [-0.05, 0) is 37.5 Å². The third-order valence-electron chi connectivity index (χ3n) is 3.62. The Morgan fingerprint density at radius 3 is 2.63 bits per heavy atom. The Kier molecular flexibility index (Phi) is 3.34. The summed E-state index contributed by atoms with van der Waals surface area (Å²) in [5, 5.41) is 11.7. The minimum absolute atomic E-state index is 0.207. The van der Waals surface area contributed by atoms with Crippen LogP contribution in [0.15, 0.2) is 6.07 Å². The summed E-state index contributed by atoms with van der Waals surface area (Å²) < 4.78 is 5.50. The molecular formula is C14H17N3O2. The molecule has 0 aliphatic carbocycles. The van der Waals surface area contributed by atoms with Crippen molar-refractivity contribution in [2.45, 2.75) is 26.8 Å². The summed E-state index contributed by atoms with van der Waals surface area (Å²) in [4.78, 5) is 12.7. The van der Waals surface area contributed by atoms with E-state index in [0.717, 1.165) is 32.9 Å². The van der Waals surface area contributed by atoms with Gasteiger partial charge in [-0.2, -0.15) is 5.26 Å². The van der Waals surface area contributed by atoms with Gasteiger partial charge in [-0.25, -0.2) is 9.69 Å². The van der Waals surface area contributed by atoms with Crippen molar-refractivity contribution in [3.05, 3.63) is 28.3 Å². The first-order valence-electron chi connectivity index (χ1n) is 6.12. The van der Waals surface area contributed by atoms with Crippen molar-refractivity contribution in [2.75, 3.05) is 13.7 Å². The standard InChI is InChI=1S/C14H17N3O2/c1-8-5-9(2)12(13(19-4)10(8)3)11-6-17(7-15)14(18)16-11/h5,11H,6H2,1-4H3,(H,16,18). The summed E-state index contributed by atoms with van der Waals surface area (Å²) in [6.45, 7) is 6.36. The molecule has 2 rings (SSSR count). The highest BCUT2D eigenvalue weighted by atomic mass is 16.5. The Balaban J connectivity index is 2.49. The predicted octanol–water partition coefficient (Wildman–Crippen LogP) is 2.17. The van der Waals surface area contributed by atoms with E-state index in [1.54, 1.807) is 7.11 Å². The molecule has 1 heterocycles. The van der Waals surface area contributed by atoms with Crippen LogP contribution in [-0.2, 0) is 0 Å². The number of urea groups is 1. The largest absolute Gasteiger partial charge is 0.496 e. The highest BCUT2D eigenvalue weighted by molar-refractivity contribution is 5.79. The first-order valence-corrected chi connectivity index (χ1v) is 6.12. The predicted molar refractivity (Wildman–Crippen MR) is 70.8 cm³/mol. The molecule has 100 valence electrons. The van der Waals surface area contributed by atoms with E-state index in [9.17, 15) is 4.79 Å². The van der Waals surface area contributed by atoms with Crippen LogP contribution < -0.4 is 10.1 Å². The maximum Gasteiger partial charge on any atom is 0.331 e. The van der Waals surface area contributed by atoms with E-state index in [-0.39, 0.29) is 12.1 Å². The maximum atomic E-state index is 11.6. The van der Waals surface area contributed by atoms with Crippen LogP contribution in [0.1, 0.15) is 28.3 Å². The number of methoxy groups -OCH3 is 1. The summed E-state index contributed by atoms with van der Waals surface area (Å²) >= 11 is 0. The average Bonchev–Trinajstić information content (AvgIpc) is 2.74. The van der Waals surface area contributed by atoms with Gasteiger partial charge in [-0.1, -0.05) is 6.07 Å². The van der Waals surface area contributed by atoms with Crippen molar-refractivity contribution in [3.8, 4) is 11.9 Å². The number of carbonyl (C=O) groups excluding carboxylic acids is 1. The molecule has 0 spiro atoms. The van der Waals surface area contributed by atoms with Gasteiger partial charge in [0.05, 0.1) is 19.7 Å². The van der Waals surface area contributed by atoms with Crippen molar-refractivity contribution in [3.63, 3.8) is 0 Å². The normalized spacial score (nSPS) is 18.2. The number of nitrogens with one attached hydrogen (secondary N) is 1. The smallest absolute Gasteiger partial charge is 0.331 e. The Morgan fingerprint density at radius 1 is 1.42 bits per heavy atom. The van der Waals surface area contributed by atoms with Crippen LogP contribution >= 0.6 is 0 Å². The minimum Gasteiger partial charge on any atom is -0.496 e. The van der Waals surface area contributed by atoms with Crippen molar-refractivity contribution in [1.29, 1.82) is 5.26 Å². The Bertz CT molecular complexity index is 575.